The normalized spacial score (nSPS) is 26.8. The first-order chi connectivity index (χ1) is 11.7. The Morgan fingerprint density at radius 1 is 1.12 bits per heavy atom. The first-order valence-electron chi connectivity index (χ1n) is 8.36. The maximum atomic E-state index is 12.4. The molecule has 3 rings (SSSR count). The molecular weight excluding hydrogens is 350 g/mol. The summed E-state index contributed by atoms with van der Waals surface area (Å²) >= 11 is 0. The lowest BCUT2D eigenvalue weighted by Gasteiger charge is -2.25. The zero-order valence-corrected chi connectivity index (χ0v) is 14.8. The molecule has 3 aliphatic rings. The van der Waals surface area contributed by atoms with Crippen molar-refractivity contribution >= 4 is 33.6 Å². The van der Waals surface area contributed by atoms with Crippen molar-refractivity contribution in [2.45, 2.75) is 44.2 Å². The molecule has 1 atom stereocenters. The average Bonchev–Trinajstić information content (AvgIpc) is 3.24. The van der Waals surface area contributed by atoms with Gasteiger partial charge < -0.3 is 4.90 Å². The predicted molar refractivity (Wildman–Crippen MR) is 86.0 cm³/mol. The standard InChI is InChI=1S/C15H21N3O6S/c1-16(11-6-7-25(23,24)9-11)12(19)8-17-13(20)14(21)18(15(17)22)10-4-2-3-5-10/h10-11H,2-9H2,1H3/t11-/m1/s1. The van der Waals surface area contributed by atoms with Crippen molar-refractivity contribution in [3.05, 3.63) is 0 Å². The zero-order chi connectivity index (χ0) is 18.4. The zero-order valence-electron chi connectivity index (χ0n) is 14.0. The average molecular weight is 371 g/mol. The molecule has 2 aliphatic heterocycles. The molecule has 9 nitrogen and oxygen atoms in total. The van der Waals surface area contributed by atoms with E-state index in [1.165, 1.54) is 11.9 Å². The van der Waals surface area contributed by atoms with Crippen LogP contribution in [0.3, 0.4) is 0 Å². The van der Waals surface area contributed by atoms with Crippen LogP contribution in [0.2, 0.25) is 0 Å². The molecular formula is C15H21N3O6S. The number of imide groups is 2. The van der Waals surface area contributed by atoms with Gasteiger partial charge in [0.2, 0.25) is 5.91 Å². The Balaban J connectivity index is 1.67. The van der Waals surface area contributed by atoms with Crippen molar-refractivity contribution in [1.82, 2.24) is 14.7 Å². The Kier molecular flexibility index (Phi) is 4.56. The molecule has 1 saturated carbocycles. The van der Waals surface area contributed by atoms with Gasteiger partial charge in [0.05, 0.1) is 11.5 Å². The third-order valence-electron chi connectivity index (χ3n) is 5.22. The highest BCUT2D eigenvalue weighted by atomic mass is 32.2. The summed E-state index contributed by atoms with van der Waals surface area (Å²) in [4.78, 5) is 51.9. The third-order valence-corrected chi connectivity index (χ3v) is 6.97. The number of rotatable bonds is 4. The minimum Gasteiger partial charge on any atom is -0.340 e. The monoisotopic (exact) mass is 371 g/mol. The predicted octanol–water partition coefficient (Wildman–Crippen LogP) is -0.635. The highest BCUT2D eigenvalue weighted by Crippen LogP contribution is 2.28. The summed E-state index contributed by atoms with van der Waals surface area (Å²) in [7, 11) is -1.70. The number of sulfone groups is 1. The van der Waals surface area contributed by atoms with Gasteiger partial charge in [0, 0.05) is 19.1 Å². The summed E-state index contributed by atoms with van der Waals surface area (Å²) in [6.45, 7) is -0.542. The fourth-order valence-electron chi connectivity index (χ4n) is 3.68. The largest absolute Gasteiger partial charge is 0.340 e. The third kappa shape index (κ3) is 3.26. The quantitative estimate of drug-likeness (QED) is 0.480. The Bertz CT molecular complexity index is 728. The molecule has 3 fully saturated rings. The molecule has 1 aliphatic carbocycles. The fraction of sp³-hybridized carbons (Fsp3) is 0.733. The Morgan fingerprint density at radius 2 is 1.76 bits per heavy atom. The lowest BCUT2D eigenvalue weighted by molar-refractivity contribution is -0.145. The summed E-state index contributed by atoms with van der Waals surface area (Å²) in [5.41, 5.74) is 0. The van der Waals surface area contributed by atoms with E-state index in [4.69, 9.17) is 0 Å². The van der Waals surface area contributed by atoms with Gasteiger partial charge in [-0.1, -0.05) is 12.8 Å². The topological polar surface area (TPSA) is 112 Å². The SMILES string of the molecule is CN(C(=O)CN1C(=O)C(=O)N(C2CCCC2)C1=O)[C@@H]1CCS(=O)(=O)C1. The number of carbonyl (C=O) groups excluding carboxylic acids is 4. The molecule has 0 aromatic heterocycles. The van der Waals surface area contributed by atoms with E-state index in [0.717, 1.165) is 17.7 Å². The number of amides is 5. The van der Waals surface area contributed by atoms with Crippen LogP contribution in [0.5, 0.6) is 0 Å². The molecule has 2 heterocycles. The summed E-state index contributed by atoms with van der Waals surface area (Å²) in [6.07, 6.45) is 3.47. The van der Waals surface area contributed by atoms with E-state index in [1.807, 2.05) is 0 Å². The van der Waals surface area contributed by atoms with Crippen molar-refractivity contribution in [3.8, 4) is 0 Å². The van der Waals surface area contributed by atoms with Crippen LogP contribution in [0, 0.1) is 0 Å². The van der Waals surface area contributed by atoms with Gasteiger partial charge in [0.1, 0.15) is 6.54 Å². The van der Waals surface area contributed by atoms with Gasteiger partial charge in [-0.2, -0.15) is 0 Å². The maximum absolute atomic E-state index is 12.4. The molecule has 25 heavy (non-hydrogen) atoms. The van der Waals surface area contributed by atoms with Crippen LogP contribution >= 0.6 is 0 Å². The van der Waals surface area contributed by atoms with Gasteiger partial charge in [0.25, 0.3) is 0 Å². The van der Waals surface area contributed by atoms with E-state index in [2.05, 4.69) is 0 Å². The van der Waals surface area contributed by atoms with Crippen molar-refractivity contribution < 1.29 is 27.6 Å². The molecule has 0 aromatic carbocycles. The van der Waals surface area contributed by atoms with Crippen LogP contribution in [0.1, 0.15) is 32.1 Å². The molecule has 0 bridgehead atoms. The van der Waals surface area contributed by atoms with Gasteiger partial charge in [-0.05, 0) is 19.3 Å². The van der Waals surface area contributed by atoms with E-state index in [0.29, 0.717) is 24.2 Å². The summed E-state index contributed by atoms with van der Waals surface area (Å²) < 4.78 is 23.1. The molecule has 0 unspecified atom stereocenters. The minimum absolute atomic E-state index is 0.0187. The van der Waals surface area contributed by atoms with Crippen LogP contribution in [-0.4, -0.2) is 84.1 Å². The number of nitrogens with zero attached hydrogens (tertiary/aromatic N) is 3. The van der Waals surface area contributed by atoms with Crippen LogP contribution in [0.4, 0.5) is 4.79 Å². The first kappa shape index (κ1) is 17.8. The van der Waals surface area contributed by atoms with Crippen molar-refractivity contribution in [3.63, 3.8) is 0 Å². The lowest BCUT2D eigenvalue weighted by atomic mass is 10.2. The molecule has 0 N–H and O–H groups in total. The Hall–Kier alpha value is -1.97. The van der Waals surface area contributed by atoms with Gasteiger partial charge in [-0.25, -0.2) is 18.1 Å². The van der Waals surface area contributed by atoms with Crippen molar-refractivity contribution in [2.24, 2.45) is 0 Å². The van der Waals surface area contributed by atoms with E-state index < -0.39 is 46.2 Å². The number of hydrogen-bond donors (Lipinski definition) is 0. The maximum Gasteiger partial charge on any atom is 0.334 e. The first-order valence-corrected chi connectivity index (χ1v) is 10.2. The van der Waals surface area contributed by atoms with E-state index >= 15 is 0 Å². The van der Waals surface area contributed by atoms with Gasteiger partial charge in [-0.3, -0.25) is 19.3 Å². The Morgan fingerprint density at radius 3 is 2.32 bits per heavy atom. The van der Waals surface area contributed by atoms with Gasteiger partial charge in [0.15, 0.2) is 9.84 Å². The number of likely N-dealkylation sites (N-methyl/N-ethyl adjacent to an activating group) is 1. The van der Waals surface area contributed by atoms with E-state index in [9.17, 15) is 27.6 Å². The molecule has 10 heteroatoms. The molecule has 0 radical (unpaired) electrons. The second-order valence-electron chi connectivity index (χ2n) is 6.85. The number of urea groups is 1. The fourth-order valence-corrected chi connectivity index (χ4v) is 5.45. The smallest absolute Gasteiger partial charge is 0.334 e. The van der Waals surface area contributed by atoms with Crippen LogP contribution in [-0.2, 0) is 24.2 Å². The molecule has 5 amide bonds. The lowest BCUT2D eigenvalue weighted by Crippen LogP contribution is -2.46. The van der Waals surface area contributed by atoms with Crippen LogP contribution in [0.25, 0.3) is 0 Å². The van der Waals surface area contributed by atoms with E-state index in [-0.39, 0.29) is 17.5 Å². The van der Waals surface area contributed by atoms with Gasteiger partial charge >= 0.3 is 17.8 Å². The van der Waals surface area contributed by atoms with Crippen molar-refractivity contribution in [2.75, 3.05) is 25.1 Å². The Labute approximate surface area is 145 Å². The number of carbonyl (C=O) groups is 4. The molecule has 0 aromatic rings. The highest BCUT2D eigenvalue weighted by Gasteiger charge is 2.49. The second kappa shape index (κ2) is 6.40. The minimum atomic E-state index is -3.16. The molecule has 0 spiro atoms. The van der Waals surface area contributed by atoms with Crippen LogP contribution in [0.15, 0.2) is 0 Å². The van der Waals surface area contributed by atoms with Crippen LogP contribution < -0.4 is 0 Å². The number of hydrogen-bond acceptors (Lipinski definition) is 6. The molecule has 2 saturated heterocycles. The van der Waals surface area contributed by atoms with Gasteiger partial charge in [-0.15, -0.1) is 0 Å². The summed E-state index contributed by atoms with van der Waals surface area (Å²) in [5.74, 6) is -2.52. The highest BCUT2D eigenvalue weighted by molar-refractivity contribution is 7.91. The summed E-state index contributed by atoms with van der Waals surface area (Å²) in [6, 6.07) is -1.49. The van der Waals surface area contributed by atoms with E-state index in [1.54, 1.807) is 0 Å². The second-order valence-corrected chi connectivity index (χ2v) is 9.08. The molecule has 138 valence electrons. The van der Waals surface area contributed by atoms with Crippen molar-refractivity contribution in [1.29, 1.82) is 0 Å². The summed E-state index contributed by atoms with van der Waals surface area (Å²) in [5, 5.41) is 0.